The fraction of sp³-hybridized carbons (Fsp3) is 0.167. The van der Waals surface area contributed by atoms with Gasteiger partial charge in [0, 0.05) is 29.0 Å². The zero-order chi connectivity index (χ0) is 13.1. The van der Waals surface area contributed by atoms with E-state index in [0.29, 0.717) is 18.4 Å². The van der Waals surface area contributed by atoms with Crippen LogP contribution in [-0.2, 0) is 6.54 Å². The van der Waals surface area contributed by atoms with Crippen LogP contribution in [0.25, 0.3) is 10.6 Å². The molecule has 1 N–H and O–H groups in total. The highest BCUT2D eigenvalue weighted by Gasteiger charge is 2.06. The summed E-state index contributed by atoms with van der Waals surface area (Å²) >= 11 is 1.61. The van der Waals surface area contributed by atoms with Crippen LogP contribution in [0.5, 0.6) is 0 Å². The van der Waals surface area contributed by atoms with Gasteiger partial charge in [0.2, 0.25) is 0 Å². The van der Waals surface area contributed by atoms with Crippen LogP contribution in [0.3, 0.4) is 0 Å². The molecule has 3 rings (SSSR count). The zero-order valence-corrected chi connectivity index (χ0v) is 11.0. The molecule has 7 heteroatoms. The minimum Gasteiger partial charge on any atom is -0.333 e. The van der Waals surface area contributed by atoms with Gasteiger partial charge in [-0.15, -0.1) is 11.3 Å². The van der Waals surface area contributed by atoms with Crippen molar-refractivity contribution in [2.45, 2.75) is 13.5 Å². The van der Waals surface area contributed by atoms with Crippen molar-refractivity contribution in [1.82, 2.24) is 20.1 Å². The number of nitrogens with one attached hydrogen (secondary N) is 1. The Balaban J connectivity index is 1.68. The van der Waals surface area contributed by atoms with Crippen LogP contribution in [0.2, 0.25) is 0 Å². The lowest BCUT2D eigenvalue weighted by molar-refractivity contribution is 0.425. The molecular weight excluding hydrogens is 262 g/mol. The molecule has 0 aliphatic heterocycles. The standard InChI is InChI=1S/C12H11N5OS/c1-8-16-12(18-17-8)15-7-10-6-14-11(19-10)9-3-2-4-13-5-9/h2-6H,7H2,1H3,(H,15,16,17). The van der Waals surface area contributed by atoms with Gasteiger partial charge < -0.3 is 9.84 Å². The molecule has 0 saturated carbocycles. The fourth-order valence-corrected chi connectivity index (χ4v) is 2.39. The monoisotopic (exact) mass is 273 g/mol. The summed E-state index contributed by atoms with van der Waals surface area (Å²) in [6, 6.07) is 4.31. The normalized spacial score (nSPS) is 10.6. The third-order valence-corrected chi connectivity index (χ3v) is 3.45. The summed E-state index contributed by atoms with van der Waals surface area (Å²) in [5.41, 5.74) is 1.02. The quantitative estimate of drug-likeness (QED) is 0.787. The molecule has 19 heavy (non-hydrogen) atoms. The van der Waals surface area contributed by atoms with Crippen LogP contribution < -0.4 is 5.32 Å². The first kappa shape index (κ1) is 11.8. The van der Waals surface area contributed by atoms with E-state index in [-0.39, 0.29) is 0 Å². The first-order valence-corrected chi connectivity index (χ1v) is 6.52. The number of rotatable bonds is 4. The lowest BCUT2D eigenvalue weighted by atomic mass is 10.3. The summed E-state index contributed by atoms with van der Waals surface area (Å²) in [6.07, 6.45) is 5.39. The Hall–Kier alpha value is -2.28. The van der Waals surface area contributed by atoms with Crippen molar-refractivity contribution >= 4 is 17.4 Å². The number of hydrogen-bond donors (Lipinski definition) is 1. The predicted molar refractivity (Wildman–Crippen MR) is 71.7 cm³/mol. The summed E-state index contributed by atoms with van der Waals surface area (Å²) < 4.78 is 4.98. The maximum atomic E-state index is 4.98. The Kier molecular flexibility index (Phi) is 3.20. The first-order chi connectivity index (χ1) is 9.31. The lowest BCUT2D eigenvalue weighted by Crippen LogP contribution is -1.97. The van der Waals surface area contributed by atoms with Gasteiger partial charge in [-0.2, -0.15) is 4.98 Å². The second-order valence-electron chi connectivity index (χ2n) is 3.87. The maximum Gasteiger partial charge on any atom is 0.321 e. The van der Waals surface area contributed by atoms with Crippen molar-refractivity contribution < 1.29 is 4.52 Å². The zero-order valence-electron chi connectivity index (χ0n) is 10.2. The molecule has 0 amide bonds. The number of nitrogens with zero attached hydrogens (tertiary/aromatic N) is 4. The van der Waals surface area contributed by atoms with Crippen LogP contribution in [0.1, 0.15) is 10.7 Å². The van der Waals surface area contributed by atoms with E-state index in [1.807, 2.05) is 18.3 Å². The predicted octanol–water partition coefficient (Wildman–Crippen LogP) is 2.51. The van der Waals surface area contributed by atoms with Crippen molar-refractivity contribution in [3.63, 3.8) is 0 Å². The highest BCUT2D eigenvalue weighted by molar-refractivity contribution is 7.15. The molecule has 0 radical (unpaired) electrons. The van der Waals surface area contributed by atoms with E-state index < -0.39 is 0 Å². The van der Waals surface area contributed by atoms with Gasteiger partial charge in [0.25, 0.3) is 0 Å². The Morgan fingerprint density at radius 2 is 2.32 bits per heavy atom. The average molecular weight is 273 g/mol. The van der Waals surface area contributed by atoms with E-state index in [9.17, 15) is 0 Å². The van der Waals surface area contributed by atoms with Gasteiger partial charge in [0.1, 0.15) is 5.01 Å². The molecule has 0 unspecified atom stereocenters. The first-order valence-electron chi connectivity index (χ1n) is 5.70. The third kappa shape index (κ3) is 2.76. The van der Waals surface area contributed by atoms with Gasteiger partial charge >= 0.3 is 6.01 Å². The molecule has 3 aromatic heterocycles. The van der Waals surface area contributed by atoms with Gasteiger partial charge in [-0.25, -0.2) is 4.98 Å². The SMILES string of the molecule is Cc1noc(NCc2cnc(-c3cccnc3)s2)n1. The van der Waals surface area contributed by atoms with Gasteiger partial charge in [-0.3, -0.25) is 4.98 Å². The van der Waals surface area contributed by atoms with Crippen molar-refractivity contribution in [2.24, 2.45) is 0 Å². The van der Waals surface area contributed by atoms with Crippen LogP contribution in [0.4, 0.5) is 6.01 Å². The highest BCUT2D eigenvalue weighted by atomic mass is 32.1. The molecule has 3 heterocycles. The average Bonchev–Trinajstić information content (AvgIpc) is 3.06. The van der Waals surface area contributed by atoms with Gasteiger partial charge in [0.05, 0.1) is 6.54 Å². The maximum absolute atomic E-state index is 4.98. The van der Waals surface area contributed by atoms with Crippen LogP contribution >= 0.6 is 11.3 Å². The molecular formula is C12H11N5OS. The molecule has 0 aliphatic carbocycles. The Morgan fingerprint density at radius 3 is 3.05 bits per heavy atom. The summed E-state index contributed by atoms with van der Waals surface area (Å²) in [6.45, 7) is 2.39. The summed E-state index contributed by atoms with van der Waals surface area (Å²) in [4.78, 5) is 13.6. The Bertz CT molecular complexity index is 664. The Morgan fingerprint density at radius 1 is 1.37 bits per heavy atom. The van der Waals surface area contributed by atoms with Crippen molar-refractivity contribution in [2.75, 3.05) is 5.32 Å². The minimum atomic E-state index is 0.425. The van der Waals surface area contributed by atoms with Crippen molar-refractivity contribution in [3.05, 3.63) is 41.4 Å². The lowest BCUT2D eigenvalue weighted by Gasteiger charge is -1.96. The largest absolute Gasteiger partial charge is 0.333 e. The minimum absolute atomic E-state index is 0.425. The molecule has 0 fully saturated rings. The molecule has 0 bridgehead atoms. The van der Waals surface area contributed by atoms with Crippen LogP contribution in [-0.4, -0.2) is 20.1 Å². The second kappa shape index (κ2) is 5.15. The summed E-state index contributed by atoms with van der Waals surface area (Å²) in [7, 11) is 0. The van der Waals surface area contributed by atoms with E-state index in [1.54, 1.807) is 30.7 Å². The number of aryl methyl sites for hydroxylation is 1. The third-order valence-electron chi connectivity index (χ3n) is 2.40. The number of hydrogen-bond acceptors (Lipinski definition) is 7. The molecule has 6 nitrogen and oxygen atoms in total. The summed E-state index contributed by atoms with van der Waals surface area (Å²) in [5.74, 6) is 0.614. The van der Waals surface area contributed by atoms with E-state index >= 15 is 0 Å². The van der Waals surface area contributed by atoms with E-state index in [0.717, 1.165) is 15.4 Å². The van der Waals surface area contributed by atoms with Gasteiger partial charge in [0.15, 0.2) is 5.82 Å². The molecule has 0 saturated heterocycles. The fourth-order valence-electron chi connectivity index (χ4n) is 1.54. The van der Waals surface area contributed by atoms with Gasteiger partial charge in [-0.1, -0.05) is 5.16 Å². The van der Waals surface area contributed by atoms with Crippen molar-refractivity contribution in [1.29, 1.82) is 0 Å². The number of pyridine rings is 1. The topological polar surface area (TPSA) is 76.7 Å². The van der Waals surface area contributed by atoms with E-state index in [2.05, 4.69) is 25.4 Å². The molecule has 0 aliphatic rings. The molecule has 0 atom stereocenters. The number of anilines is 1. The summed E-state index contributed by atoms with van der Waals surface area (Å²) in [5, 5.41) is 7.72. The van der Waals surface area contributed by atoms with E-state index in [4.69, 9.17) is 4.52 Å². The second-order valence-corrected chi connectivity index (χ2v) is 4.99. The molecule has 0 aromatic carbocycles. The van der Waals surface area contributed by atoms with Crippen molar-refractivity contribution in [3.8, 4) is 10.6 Å². The number of aromatic nitrogens is 4. The smallest absolute Gasteiger partial charge is 0.321 e. The van der Waals surface area contributed by atoms with Crippen LogP contribution in [0.15, 0.2) is 35.2 Å². The van der Waals surface area contributed by atoms with Crippen LogP contribution in [0, 0.1) is 6.92 Å². The van der Waals surface area contributed by atoms with Gasteiger partial charge in [-0.05, 0) is 19.1 Å². The number of thiazole rings is 1. The van der Waals surface area contributed by atoms with E-state index in [1.165, 1.54) is 0 Å². The molecule has 96 valence electrons. The molecule has 3 aromatic rings. The molecule has 0 spiro atoms. The Labute approximate surface area is 113 Å². The highest BCUT2D eigenvalue weighted by Crippen LogP contribution is 2.24.